The summed E-state index contributed by atoms with van der Waals surface area (Å²) in [6, 6.07) is 5.56. The minimum absolute atomic E-state index is 0.216. The highest BCUT2D eigenvalue weighted by Gasteiger charge is 2.18. The first-order valence-corrected chi connectivity index (χ1v) is 9.13. The number of nitrogens with one attached hydrogen (secondary N) is 3. The van der Waals surface area contributed by atoms with Gasteiger partial charge in [-0.05, 0) is 38.3 Å². The van der Waals surface area contributed by atoms with Crippen LogP contribution >= 0.6 is 11.3 Å². The van der Waals surface area contributed by atoms with Crippen LogP contribution in [-0.4, -0.2) is 23.5 Å². The summed E-state index contributed by atoms with van der Waals surface area (Å²) in [6.07, 6.45) is 1.94. The third-order valence-corrected chi connectivity index (χ3v) is 4.83. The van der Waals surface area contributed by atoms with Crippen LogP contribution in [0.3, 0.4) is 0 Å². The molecular weight excluding hydrogens is 336 g/mol. The first-order valence-electron chi connectivity index (χ1n) is 8.32. The van der Waals surface area contributed by atoms with Gasteiger partial charge in [0.2, 0.25) is 0 Å². The average molecular weight is 360 g/mol. The van der Waals surface area contributed by atoms with Gasteiger partial charge in [0.15, 0.2) is 5.13 Å². The van der Waals surface area contributed by atoms with E-state index in [-0.39, 0.29) is 11.9 Å². The van der Waals surface area contributed by atoms with Gasteiger partial charge in [-0.25, -0.2) is 9.78 Å². The monoisotopic (exact) mass is 360 g/mol. The van der Waals surface area contributed by atoms with Crippen LogP contribution in [0.1, 0.15) is 46.3 Å². The van der Waals surface area contributed by atoms with E-state index in [1.54, 1.807) is 6.92 Å². The third-order valence-electron chi connectivity index (χ3n) is 3.76. The van der Waals surface area contributed by atoms with Gasteiger partial charge >= 0.3 is 6.03 Å². The van der Waals surface area contributed by atoms with Crippen molar-refractivity contribution in [3.63, 3.8) is 0 Å². The van der Waals surface area contributed by atoms with Gasteiger partial charge < -0.3 is 10.6 Å². The molecule has 0 aliphatic heterocycles. The summed E-state index contributed by atoms with van der Waals surface area (Å²) in [5, 5.41) is 8.80. The van der Waals surface area contributed by atoms with E-state index in [0.717, 1.165) is 29.7 Å². The van der Waals surface area contributed by atoms with Crippen molar-refractivity contribution < 1.29 is 9.59 Å². The number of anilines is 2. The van der Waals surface area contributed by atoms with Crippen molar-refractivity contribution >= 4 is 34.1 Å². The van der Waals surface area contributed by atoms with Crippen LogP contribution < -0.4 is 16.0 Å². The highest BCUT2D eigenvalue weighted by atomic mass is 32.1. The molecule has 0 aliphatic rings. The number of carbonyl (C=O) groups excluding carboxylic acids is 2. The van der Waals surface area contributed by atoms with E-state index in [9.17, 15) is 9.59 Å². The number of aryl methyl sites for hydroxylation is 3. The number of rotatable bonds is 6. The Labute approximate surface area is 152 Å². The third kappa shape index (κ3) is 5.03. The number of aromatic nitrogens is 1. The number of unbranched alkanes of at least 4 members (excludes halogenated alkanes) is 1. The van der Waals surface area contributed by atoms with E-state index in [1.807, 2.05) is 32.0 Å². The maximum absolute atomic E-state index is 12.6. The lowest BCUT2D eigenvalue weighted by Crippen LogP contribution is -2.29. The minimum Gasteiger partial charge on any atom is -0.338 e. The van der Waals surface area contributed by atoms with Gasteiger partial charge in [0, 0.05) is 12.2 Å². The van der Waals surface area contributed by atoms with Crippen LogP contribution in [-0.2, 0) is 0 Å². The second kappa shape index (κ2) is 8.62. The van der Waals surface area contributed by atoms with Crippen LogP contribution in [0.25, 0.3) is 0 Å². The summed E-state index contributed by atoms with van der Waals surface area (Å²) in [5.74, 6) is -0.216. The number of para-hydroxylation sites is 1. The average Bonchev–Trinajstić information content (AvgIpc) is 2.91. The minimum atomic E-state index is -0.302. The van der Waals surface area contributed by atoms with Gasteiger partial charge in [0.05, 0.1) is 5.69 Å². The number of thiazole rings is 1. The van der Waals surface area contributed by atoms with Gasteiger partial charge in [-0.1, -0.05) is 42.9 Å². The maximum atomic E-state index is 12.6. The second-order valence-electron chi connectivity index (χ2n) is 5.89. The molecule has 0 aliphatic carbocycles. The zero-order valence-electron chi connectivity index (χ0n) is 15.0. The summed E-state index contributed by atoms with van der Waals surface area (Å²) >= 11 is 1.17. The molecule has 1 aromatic carbocycles. The fraction of sp³-hybridized carbons (Fsp3) is 0.389. The Morgan fingerprint density at radius 3 is 2.44 bits per heavy atom. The Balaban J connectivity index is 2.06. The molecule has 0 spiro atoms. The molecule has 7 heteroatoms. The zero-order chi connectivity index (χ0) is 18.4. The standard InChI is InChI=1S/C18H24N4O2S/c1-5-6-10-19-17(24)22-18-20-13(4)15(25-18)16(23)21-14-11(2)8-7-9-12(14)3/h7-9H,5-6,10H2,1-4H3,(H,21,23)(H2,19,20,22,24). The molecule has 2 aromatic rings. The predicted octanol–water partition coefficient (Wildman–Crippen LogP) is 4.24. The molecule has 0 bridgehead atoms. The van der Waals surface area contributed by atoms with E-state index in [1.165, 1.54) is 11.3 Å². The van der Waals surface area contributed by atoms with Gasteiger partial charge in [-0.2, -0.15) is 0 Å². The summed E-state index contributed by atoms with van der Waals surface area (Å²) < 4.78 is 0. The van der Waals surface area contributed by atoms with Gasteiger partial charge in [-0.3, -0.25) is 10.1 Å². The highest BCUT2D eigenvalue weighted by Crippen LogP contribution is 2.25. The maximum Gasteiger partial charge on any atom is 0.321 e. The molecule has 0 atom stereocenters. The van der Waals surface area contributed by atoms with E-state index < -0.39 is 0 Å². The van der Waals surface area contributed by atoms with Crippen molar-refractivity contribution in [3.8, 4) is 0 Å². The summed E-state index contributed by atoms with van der Waals surface area (Å²) in [5.41, 5.74) is 3.41. The Morgan fingerprint density at radius 2 is 1.80 bits per heavy atom. The Bertz CT molecular complexity index is 750. The van der Waals surface area contributed by atoms with Crippen molar-refractivity contribution in [2.75, 3.05) is 17.2 Å². The Kier molecular flexibility index (Phi) is 6.52. The first-order chi connectivity index (χ1) is 11.9. The molecule has 0 saturated carbocycles. The number of benzene rings is 1. The number of carbonyl (C=O) groups is 2. The fourth-order valence-electron chi connectivity index (χ4n) is 2.36. The number of amides is 3. The normalized spacial score (nSPS) is 10.4. The molecule has 0 radical (unpaired) electrons. The van der Waals surface area contributed by atoms with Crippen LogP contribution in [0.4, 0.5) is 15.6 Å². The van der Waals surface area contributed by atoms with Crippen LogP contribution in [0.2, 0.25) is 0 Å². The van der Waals surface area contributed by atoms with Crippen molar-refractivity contribution in [1.29, 1.82) is 0 Å². The molecule has 2 rings (SSSR count). The topological polar surface area (TPSA) is 83.1 Å². The van der Waals surface area contributed by atoms with Crippen molar-refractivity contribution in [2.24, 2.45) is 0 Å². The molecule has 0 fully saturated rings. The Morgan fingerprint density at radius 1 is 1.12 bits per heavy atom. The molecule has 0 saturated heterocycles. The van der Waals surface area contributed by atoms with E-state index >= 15 is 0 Å². The smallest absolute Gasteiger partial charge is 0.321 e. The lowest BCUT2D eigenvalue weighted by molar-refractivity contribution is 0.102. The highest BCUT2D eigenvalue weighted by molar-refractivity contribution is 7.17. The van der Waals surface area contributed by atoms with E-state index in [0.29, 0.717) is 22.2 Å². The lowest BCUT2D eigenvalue weighted by Gasteiger charge is -2.10. The molecular formula is C18H24N4O2S. The Hall–Kier alpha value is -2.41. The van der Waals surface area contributed by atoms with Crippen LogP contribution in [0.5, 0.6) is 0 Å². The fourth-order valence-corrected chi connectivity index (χ4v) is 3.22. The van der Waals surface area contributed by atoms with Gasteiger partial charge in [-0.15, -0.1) is 0 Å². The molecule has 1 aromatic heterocycles. The van der Waals surface area contributed by atoms with E-state index in [2.05, 4.69) is 27.9 Å². The summed E-state index contributed by atoms with van der Waals surface area (Å²) in [4.78, 5) is 29.1. The van der Waals surface area contributed by atoms with Crippen LogP contribution in [0.15, 0.2) is 18.2 Å². The summed E-state index contributed by atoms with van der Waals surface area (Å²) in [7, 11) is 0. The molecule has 6 nitrogen and oxygen atoms in total. The van der Waals surface area contributed by atoms with E-state index in [4.69, 9.17) is 0 Å². The predicted molar refractivity (Wildman–Crippen MR) is 103 cm³/mol. The molecule has 0 unspecified atom stereocenters. The number of hydrogen-bond acceptors (Lipinski definition) is 4. The van der Waals surface area contributed by atoms with Gasteiger partial charge in [0.25, 0.3) is 5.91 Å². The second-order valence-corrected chi connectivity index (χ2v) is 6.89. The summed E-state index contributed by atoms with van der Waals surface area (Å²) in [6.45, 7) is 8.35. The molecule has 25 heavy (non-hydrogen) atoms. The van der Waals surface area contributed by atoms with Crippen molar-refractivity contribution in [2.45, 2.75) is 40.5 Å². The number of urea groups is 1. The van der Waals surface area contributed by atoms with Crippen molar-refractivity contribution in [3.05, 3.63) is 39.9 Å². The number of nitrogens with zero attached hydrogens (tertiary/aromatic N) is 1. The van der Waals surface area contributed by atoms with Crippen LogP contribution in [0, 0.1) is 20.8 Å². The first kappa shape index (κ1) is 18.9. The van der Waals surface area contributed by atoms with Crippen molar-refractivity contribution in [1.82, 2.24) is 10.3 Å². The lowest BCUT2D eigenvalue weighted by atomic mass is 10.1. The quantitative estimate of drug-likeness (QED) is 0.674. The number of hydrogen-bond donors (Lipinski definition) is 3. The molecule has 134 valence electrons. The largest absolute Gasteiger partial charge is 0.338 e. The molecule has 3 amide bonds. The molecule has 3 N–H and O–H groups in total. The molecule has 1 heterocycles. The SMILES string of the molecule is CCCCNC(=O)Nc1nc(C)c(C(=O)Nc2c(C)cccc2C)s1. The van der Waals surface area contributed by atoms with Gasteiger partial charge in [0.1, 0.15) is 4.88 Å². The zero-order valence-corrected chi connectivity index (χ0v) is 15.8.